The molecule has 2 aromatic heterocycles. The van der Waals surface area contributed by atoms with Gasteiger partial charge in [-0.15, -0.1) is 0 Å². The number of ketones is 1. The topological polar surface area (TPSA) is 83.0 Å². The Kier molecular flexibility index (Phi) is 4.79. The lowest BCUT2D eigenvalue weighted by Gasteiger charge is -2.06. The van der Waals surface area contributed by atoms with Gasteiger partial charge in [0.1, 0.15) is 0 Å². The molecule has 3 rings (SSSR count). The van der Waals surface area contributed by atoms with E-state index in [4.69, 9.17) is 0 Å². The van der Waals surface area contributed by atoms with Crippen LogP contribution in [0, 0.1) is 17.0 Å². The average Bonchev–Trinajstić information content (AvgIpc) is 3.26. The lowest BCUT2D eigenvalue weighted by Crippen LogP contribution is -1.98. The smallest absolute Gasteiger partial charge is 0.271 e. The molecule has 1 aromatic carbocycles. The van der Waals surface area contributed by atoms with Gasteiger partial charge in [-0.25, -0.2) is 0 Å². The van der Waals surface area contributed by atoms with Gasteiger partial charge in [0.2, 0.25) is 0 Å². The van der Waals surface area contributed by atoms with E-state index in [0.29, 0.717) is 23.5 Å². The number of carbonyl (C=O) groups excluding carboxylic acids is 1. The molecule has 0 N–H and O–H groups in total. The third kappa shape index (κ3) is 3.46. The fraction of sp³-hybridized carbons (Fsp3) is 0.158. The standard InChI is InChI=1S/C19H18N4O3/c1-3-21-13-18(14(2)20-21)19(24)10-9-15-8-5-11-22(15)16-6-4-7-17(12-16)23(25)26/h4-13H,3H2,1-2H3/b10-9+. The van der Waals surface area contributed by atoms with Gasteiger partial charge in [-0.1, -0.05) is 6.07 Å². The first kappa shape index (κ1) is 17.3. The summed E-state index contributed by atoms with van der Waals surface area (Å²) in [4.78, 5) is 23.0. The van der Waals surface area contributed by atoms with Crippen molar-refractivity contribution in [1.29, 1.82) is 0 Å². The van der Waals surface area contributed by atoms with Crippen LogP contribution in [0.2, 0.25) is 0 Å². The van der Waals surface area contributed by atoms with E-state index in [1.165, 1.54) is 18.2 Å². The lowest BCUT2D eigenvalue weighted by atomic mass is 10.1. The molecule has 0 fully saturated rings. The maximum absolute atomic E-state index is 12.4. The highest BCUT2D eigenvalue weighted by atomic mass is 16.6. The zero-order valence-corrected chi connectivity index (χ0v) is 14.5. The van der Waals surface area contributed by atoms with Crippen LogP contribution in [0.15, 0.2) is 54.9 Å². The number of aromatic nitrogens is 3. The summed E-state index contributed by atoms with van der Waals surface area (Å²) in [5, 5.41) is 15.2. The summed E-state index contributed by atoms with van der Waals surface area (Å²) in [7, 11) is 0. The summed E-state index contributed by atoms with van der Waals surface area (Å²) in [6.45, 7) is 4.47. The lowest BCUT2D eigenvalue weighted by molar-refractivity contribution is -0.384. The fourth-order valence-corrected chi connectivity index (χ4v) is 2.69. The number of nitro benzene ring substituents is 1. The molecule has 132 valence electrons. The van der Waals surface area contributed by atoms with Crippen molar-refractivity contribution in [2.24, 2.45) is 0 Å². The molecule has 0 amide bonds. The molecular formula is C19H18N4O3. The zero-order valence-electron chi connectivity index (χ0n) is 14.5. The number of nitrogens with zero attached hydrogens (tertiary/aromatic N) is 4. The van der Waals surface area contributed by atoms with Gasteiger partial charge < -0.3 is 4.57 Å². The van der Waals surface area contributed by atoms with Gasteiger partial charge in [-0.05, 0) is 44.2 Å². The van der Waals surface area contributed by atoms with Gasteiger partial charge in [0.15, 0.2) is 5.78 Å². The van der Waals surface area contributed by atoms with E-state index < -0.39 is 4.92 Å². The van der Waals surface area contributed by atoms with Gasteiger partial charge in [-0.3, -0.25) is 19.6 Å². The molecule has 3 aromatic rings. The maximum Gasteiger partial charge on any atom is 0.271 e. The second kappa shape index (κ2) is 7.18. The first-order valence-electron chi connectivity index (χ1n) is 8.18. The van der Waals surface area contributed by atoms with E-state index in [9.17, 15) is 14.9 Å². The van der Waals surface area contributed by atoms with Crippen LogP contribution in [0.4, 0.5) is 5.69 Å². The number of benzene rings is 1. The van der Waals surface area contributed by atoms with Crippen molar-refractivity contribution in [2.45, 2.75) is 20.4 Å². The third-order valence-corrected chi connectivity index (χ3v) is 4.04. The molecule has 2 heterocycles. The average molecular weight is 350 g/mol. The molecular weight excluding hydrogens is 332 g/mol. The molecule has 7 heteroatoms. The van der Waals surface area contributed by atoms with Gasteiger partial charge >= 0.3 is 0 Å². The zero-order chi connectivity index (χ0) is 18.7. The van der Waals surface area contributed by atoms with E-state index in [2.05, 4.69) is 5.10 Å². The number of nitro groups is 1. The van der Waals surface area contributed by atoms with E-state index in [1.807, 2.05) is 19.1 Å². The molecule has 0 radical (unpaired) electrons. The number of carbonyl (C=O) groups is 1. The van der Waals surface area contributed by atoms with Crippen molar-refractivity contribution >= 4 is 17.5 Å². The summed E-state index contributed by atoms with van der Waals surface area (Å²) >= 11 is 0. The Bertz CT molecular complexity index is 998. The van der Waals surface area contributed by atoms with Crippen molar-refractivity contribution in [1.82, 2.24) is 14.3 Å². The van der Waals surface area contributed by atoms with Gasteiger partial charge in [-0.2, -0.15) is 5.10 Å². The Balaban J connectivity index is 1.88. The van der Waals surface area contributed by atoms with Crippen LogP contribution in [0.25, 0.3) is 11.8 Å². The van der Waals surface area contributed by atoms with Crippen molar-refractivity contribution in [3.05, 3.63) is 81.9 Å². The third-order valence-electron chi connectivity index (χ3n) is 4.04. The number of allylic oxidation sites excluding steroid dienone is 1. The molecule has 0 aliphatic heterocycles. The van der Waals surface area contributed by atoms with Crippen LogP contribution in [-0.2, 0) is 6.54 Å². The molecule has 0 saturated carbocycles. The first-order chi connectivity index (χ1) is 12.5. The molecule has 0 spiro atoms. The summed E-state index contributed by atoms with van der Waals surface area (Å²) in [6, 6.07) is 10.0. The SMILES string of the molecule is CCn1cc(C(=O)/C=C/c2cccn2-c2cccc([N+](=O)[O-])c2)c(C)n1. The van der Waals surface area contributed by atoms with Gasteiger partial charge in [0.25, 0.3) is 5.69 Å². The minimum atomic E-state index is -0.430. The molecule has 26 heavy (non-hydrogen) atoms. The second-order valence-electron chi connectivity index (χ2n) is 5.76. The predicted molar refractivity (Wildman–Crippen MR) is 98.4 cm³/mol. The minimum Gasteiger partial charge on any atom is -0.317 e. The monoisotopic (exact) mass is 350 g/mol. The number of rotatable bonds is 6. The number of hydrogen-bond acceptors (Lipinski definition) is 4. The normalized spacial score (nSPS) is 11.2. The largest absolute Gasteiger partial charge is 0.317 e. The Morgan fingerprint density at radius 3 is 2.81 bits per heavy atom. The van der Waals surface area contributed by atoms with Crippen LogP contribution in [0.3, 0.4) is 0 Å². The summed E-state index contributed by atoms with van der Waals surface area (Å²) in [6.07, 6.45) is 6.72. The van der Waals surface area contributed by atoms with Crippen LogP contribution in [-0.4, -0.2) is 25.1 Å². The molecule has 7 nitrogen and oxygen atoms in total. The highest BCUT2D eigenvalue weighted by molar-refractivity contribution is 6.07. The van der Waals surface area contributed by atoms with Crippen molar-refractivity contribution < 1.29 is 9.72 Å². The molecule has 0 bridgehead atoms. The summed E-state index contributed by atoms with van der Waals surface area (Å²) < 4.78 is 3.52. The number of aryl methyl sites for hydroxylation is 2. The Labute approximate surface area is 150 Å². The van der Waals surface area contributed by atoms with E-state index in [1.54, 1.807) is 46.8 Å². The number of hydrogen-bond donors (Lipinski definition) is 0. The van der Waals surface area contributed by atoms with E-state index in [0.717, 1.165) is 5.69 Å². The van der Waals surface area contributed by atoms with Crippen molar-refractivity contribution in [3.63, 3.8) is 0 Å². The first-order valence-corrected chi connectivity index (χ1v) is 8.18. The molecule has 0 unspecified atom stereocenters. The van der Waals surface area contributed by atoms with Gasteiger partial charge in [0.05, 0.1) is 21.9 Å². The Hall–Kier alpha value is -3.48. The highest BCUT2D eigenvalue weighted by Crippen LogP contribution is 2.20. The minimum absolute atomic E-state index is 0.0183. The molecule has 0 atom stereocenters. The van der Waals surface area contributed by atoms with Crippen molar-refractivity contribution in [3.8, 4) is 5.69 Å². The molecule has 0 aliphatic rings. The van der Waals surface area contributed by atoms with Crippen LogP contribution in [0.1, 0.15) is 28.7 Å². The quantitative estimate of drug-likeness (QED) is 0.293. The number of non-ortho nitro benzene ring substituents is 1. The van der Waals surface area contributed by atoms with Crippen LogP contribution < -0.4 is 0 Å². The Morgan fingerprint density at radius 1 is 1.31 bits per heavy atom. The highest BCUT2D eigenvalue weighted by Gasteiger charge is 2.11. The Morgan fingerprint density at radius 2 is 2.12 bits per heavy atom. The summed E-state index contributed by atoms with van der Waals surface area (Å²) in [5.41, 5.74) is 2.68. The maximum atomic E-state index is 12.4. The second-order valence-corrected chi connectivity index (χ2v) is 5.76. The van der Waals surface area contributed by atoms with E-state index >= 15 is 0 Å². The fourth-order valence-electron chi connectivity index (χ4n) is 2.69. The van der Waals surface area contributed by atoms with Crippen molar-refractivity contribution in [2.75, 3.05) is 0 Å². The van der Waals surface area contributed by atoms with Crippen LogP contribution in [0.5, 0.6) is 0 Å². The predicted octanol–water partition coefficient (Wildman–Crippen LogP) is 3.81. The molecule has 0 saturated heterocycles. The summed E-state index contributed by atoms with van der Waals surface area (Å²) in [5.74, 6) is -0.131. The van der Waals surface area contributed by atoms with Gasteiger partial charge in [0, 0.05) is 36.8 Å². The van der Waals surface area contributed by atoms with Crippen LogP contribution >= 0.6 is 0 Å². The molecule has 0 aliphatic carbocycles. The van der Waals surface area contributed by atoms with E-state index in [-0.39, 0.29) is 11.5 Å².